The molecule has 1 fully saturated rings. The molecule has 0 bridgehead atoms. The van der Waals surface area contributed by atoms with Crippen LogP contribution in [0.1, 0.15) is 32.2 Å². The van der Waals surface area contributed by atoms with Crippen LogP contribution >= 0.6 is 0 Å². The highest BCUT2D eigenvalue weighted by molar-refractivity contribution is 5.59. The average molecular weight is 261 g/mol. The summed E-state index contributed by atoms with van der Waals surface area (Å²) in [6.45, 7) is 2.23. The fourth-order valence-corrected chi connectivity index (χ4v) is 2.70. The first-order valence-electron chi connectivity index (χ1n) is 6.48. The quantitative estimate of drug-likeness (QED) is 0.843. The molecule has 1 heterocycles. The van der Waals surface area contributed by atoms with Gasteiger partial charge >= 0.3 is 0 Å². The SMILES string of the molecule is CC1CCC(n2nnnc2-c2ccc(N)c(F)c2)C1. The van der Waals surface area contributed by atoms with Gasteiger partial charge in [0.25, 0.3) is 0 Å². The first-order chi connectivity index (χ1) is 9.15. The van der Waals surface area contributed by atoms with Crippen LogP contribution in [0, 0.1) is 11.7 Å². The Balaban J connectivity index is 1.97. The summed E-state index contributed by atoms with van der Waals surface area (Å²) in [4.78, 5) is 0. The number of benzene rings is 1. The number of nitrogens with two attached hydrogens (primary N) is 1. The van der Waals surface area contributed by atoms with Crippen LogP contribution in [0.3, 0.4) is 0 Å². The van der Waals surface area contributed by atoms with E-state index in [0.29, 0.717) is 23.3 Å². The van der Waals surface area contributed by atoms with Crippen molar-refractivity contribution in [1.82, 2.24) is 20.2 Å². The van der Waals surface area contributed by atoms with E-state index in [4.69, 9.17) is 5.73 Å². The Labute approximate surface area is 110 Å². The zero-order valence-electron chi connectivity index (χ0n) is 10.8. The molecule has 0 spiro atoms. The number of nitrogen functional groups attached to an aromatic ring is 1. The van der Waals surface area contributed by atoms with Gasteiger partial charge in [-0.1, -0.05) is 6.92 Å². The topological polar surface area (TPSA) is 69.6 Å². The van der Waals surface area contributed by atoms with Crippen LogP contribution < -0.4 is 5.73 Å². The lowest BCUT2D eigenvalue weighted by Gasteiger charge is -2.12. The molecule has 2 aromatic rings. The fourth-order valence-electron chi connectivity index (χ4n) is 2.70. The second-order valence-corrected chi connectivity index (χ2v) is 5.26. The third-order valence-electron chi connectivity index (χ3n) is 3.76. The van der Waals surface area contributed by atoms with Gasteiger partial charge in [-0.15, -0.1) is 5.10 Å². The summed E-state index contributed by atoms with van der Waals surface area (Å²) in [5, 5.41) is 11.8. The van der Waals surface area contributed by atoms with E-state index in [-0.39, 0.29) is 5.69 Å². The monoisotopic (exact) mass is 261 g/mol. The molecule has 100 valence electrons. The highest BCUT2D eigenvalue weighted by atomic mass is 19.1. The predicted molar refractivity (Wildman–Crippen MR) is 69.7 cm³/mol. The Kier molecular flexibility index (Phi) is 2.93. The van der Waals surface area contributed by atoms with Gasteiger partial charge in [0.15, 0.2) is 5.82 Å². The van der Waals surface area contributed by atoms with Crippen LogP contribution in [0.4, 0.5) is 10.1 Å². The second kappa shape index (κ2) is 4.60. The van der Waals surface area contributed by atoms with Gasteiger partial charge in [0.2, 0.25) is 0 Å². The fraction of sp³-hybridized carbons (Fsp3) is 0.462. The Morgan fingerprint density at radius 1 is 1.37 bits per heavy atom. The highest BCUT2D eigenvalue weighted by Crippen LogP contribution is 2.35. The summed E-state index contributed by atoms with van der Waals surface area (Å²) >= 11 is 0. The first kappa shape index (κ1) is 12.1. The zero-order chi connectivity index (χ0) is 13.4. The predicted octanol–water partition coefficient (Wildman–Crippen LogP) is 2.42. The summed E-state index contributed by atoms with van der Waals surface area (Å²) in [7, 11) is 0. The smallest absolute Gasteiger partial charge is 0.182 e. The molecule has 1 aliphatic rings. The lowest BCUT2D eigenvalue weighted by atomic mass is 10.1. The van der Waals surface area contributed by atoms with Crippen LogP contribution in [0.5, 0.6) is 0 Å². The first-order valence-corrected chi connectivity index (χ1v) is 6.48. The zero-order valence-corrected chi connectivity index (χ0v) is 10.8. The largest absolute Gasteiger partial charge is 0.396 e. The number of tetrazole rings is 1. The van der Waals surface area contributed by atoms with Crippen molar-refractivity contribution in [1.29, 1.82) is 0 Å². The molecule has 3 rings (SSSR count). The minimum absolute atomic E-state index is 0.136. The van der Waals surface area contributed by atoms with Gasteiger partial charge in [-0.25, -0.2) is 9.07 Å². The lowest BCUT2D eigenvalue weighted by Crippen LogP contribution is -2.09. The van der Waals surface area contributed by atoms with Gasteiger partial charge in [-0.2, -0.15) is 0 Å². The van der Waals surface area contributed by atoms with E-state index >= 15 is 0 Å². The molecule has 0 aliphatic heterocycles. The molecule has 1 aromatic carbocycles. The molecule has 2 N–H and O–H groups in total. The van der Waals surface area contributed by atoms with Crippen LogP contribution in [0.2, 0.25) is 0 Å². The molecule has 19 heavy (non-hydrogen) atoms. The van der Waals surface area contributed by atoms with E-state index in [9.17, 15) is 4.39 Å². The van der Waals surface area contributed by atoms with E-state index < -0.39 is 5.82 Å². The van der Waals surface area contributed by atoms with Gasteiger partial charge in [-0.05, 0) is 53.8 Å². The van der Waals surface area contributed by atoms with Crippen molar-refractivity contribution in [3.8, 4) is 11.4 Å². The van der Waals surface area contributed by atoms with Gasteiger partial charge in [0, 0.05) is 5.56 Å². The number of halogens is 1. The Hall–Kier alpha value is -1.98. The maximum absolute atomic E-state index is 13.5. The molecule has 0 amide bonds. The van der Waals surface area contributed by atoms with E-state index in [2.05, 4.69) is 22.4 Å². The molecular weight excluding hydrogens is 245 g/mol. The van der Waals surface area contributed by atoms with Crippen LogP contribution in [0.25, 0.3) is 11.4 Å². The molecule has 6 heteroatoms. The standard InChI is InChI=1S/C13H16FN5/c1-8-2-4-10(6-8)19-13(16-17-18-19)9-3-5-12(15)11(14)7-9/h3,5,7-8,10H,2,4,6,15H2,1H3. The molecule has 0 radical (unpaired) electrons. The molecule has 1 saturated carbocycles. The summed E-state index contributed by atoms with van der Waals surface area (Å²) in [5.41, 5.74) is 6.29. The van der Waals surface area contributed by atoms with E-state index in [1.807, 2.05) is 4.68 Å². The number of nitrogens with zero attached hydrogens (tertiary/aromatic N) is 4. The van der Waals surface area contributed by atoms with Crippen LogP contribution in [-0.2, 0) is 0 Å². The van der Waals surface area contributed by atoms with Crippen molar-refractivity contribution in [2.24, 2.45) is 5.92 Å². The summed E-state index contributed by atoms with van der Waals surface area (Å²) < 4.78 is 15.4. The summed E-state index contributed by atoms with van der Waals surface area (Å²) in [6, 6.07) is 4.98. The minimum Gasteiger partial charge on any atom is -0.396 e. The Morgan fingerprint density at radius 3 is 2.89 bits per heavy atom. The number of rotatable bonds is 2. The third kappa shape index (κ3) is 2.18. The van der Waals surface area contributed by atoms with Gasteiger partial charge in [-0.3, -0.25) is 0 Å². The third-order valence-corrected chi connectivity index (χ3v) is 3.76. The van der Waals surface area contributed by atoms with Crippen LogP contribution in [0.15, 0.2) is 18.2 Å². The Bertz CT molecular complexity index is 594. The van der Waals surface area contributed by atoms with Crippen molar-refractivity contribution in [3.63, 3.8) is 0 Å². The van der Waals surface area contributed by atoms with Gasteiger partial charge < -0.3 is 5.73 Å². The molecular formula is C13H16FN5. The minimum atomic E-state index is -0.438. The molecule has 0 saturated heterocycles. The molecule has 2 unspecified atom stereocenters. The molecule has 1 aliphatic carbocycles. The molecule has 1 aromatic heterocycles. The maximum Gasteiger partial charge on any atom is 0.182 e. The molecule has 2 atom stereocenters. The van der Waals surface area contributed by atoms with E-state index in [1.54, 1.807) is 12.1 Å². The summed E-state index contributed by atoms with van der Waals surface area (Å²) in [6.07, 6.45) is 3.31. The normalized spacial score (nSPS) is 22.8. The van der Waals surface area contributed by atoms with E-state index in [0.717, 1.165) is 12.8 Å². The van der Waals surface area contributed by atoms with Crippen molar-refractivity contribution in [2.75, 3.05) is 5.73 Å². The number of anilines is 1. The van der Waals surface area contributed by atoms with Gasteiger partial charge in [0.05, 0.1) is 11.7 Å². The van der Waals surface area contributed by atoms with Crippen molar-refractivity contribution in [2.45, 2.75) is 32.2 Å². The Morgan fingerprint density at radius 2 is 2.21 bits per heavy atom. The average Bonchev–Trinajstić information content (AvgIpc) is 3.00. The number of hydrogen-bond donors (Lipinski definition) is 1. The lowest BCUT2D eigenvalue weighted by molar-refractivity contribution is 0.443. The second-order valence-electron chi connectivity index (χ2n) is 5.26. The molecule has 5 nitrogen and oxygen atoms in total. The summed E-state index contributed by atoms with van der Waals surface area (Å²) in [5.74, 6) is 0.857. The van der Waals surface area contributed by atoms with Crippen molar-refractivity contribution < 1.29 is 4.39 Å². The van der Waals surface area contributed by atoms with Crippen molar-refractivity contribution in [3.05, 3.63) is 24.0 Å². The maximum atomic E-state index is 13.5. The number of aromatic nitrogens is 4. The van der Waals surface area contributed by atoms with E-state index in [1.165, 1.54) is 12.5 Å². The van der Waals surface area contributed by atoms with Gasteiger partial charge in [0.1, 0.15) is 5.82 Å². The number of hydrogen-bond acceptors (Lipinski definition) is 4. The van der Waals surface area contributed by atoms with Crippen LogP contribution in [-0.4, -0.2) is 20.2 Å². The van der Waals surface area contributed by atoms with Crippen molar-refractivity contribution >= 4 is 5.69 Å². The highest BCUT2D eigenvalue weighted by Gasteiger charge is 2.26.